The number of benzene rings is 2. The van der Waals surface area contributed by atoms with Gasteiger partial charge in [0.1, 0.15) is 12.4 Å². The van der Waals surface area contributed by atoms with Crippen LogP contribution in [-0.4, -0.2) is 16.1 Å². The van der Waals surface area contributed by atoms with Crippen molar-refractivity contribution < 1.29 is 9.53 Å². The van der Waals surface area contributed by atoms with Gasteiger partial charge in [-0.15, -0.1) is 0 Å². The standard InChI is InChI=1S/C22H25N3O2/c1-4-16-10-11-18-19(13-16)24-21(23-18)20(12-15(2)3)25-22(26)27-14-17-8-6-5-7-9-17/h4-11,13,15,20H,1,12,14H2,2-3H3,(H,23,24)(H,25,26)/t20-/m1/s1. The topological polar surface area (TPSA) is 67.0 Å². The zero-order valence-corrected chi connectivity index (χ0v) is 15.7. The van der Waals surface area contributed by atoms with Crippen LogP contribution >= 0.6 is 0 Å². The minimum atomic E-state index is -0.447. The molecule has 0 radical (unpaired) electrons. The van der Waals surface area contributed by atoms with Gasteiger partial charge in [0.05, 0.1) is 17.1 Å². The van der Waals surface area contributed by atoms with Gasteiger partial charge in [0.25, 0.3) is 0 Å². The molecule has 5 heteroatoms. The Morgan fingerprint density at radius 1 is 1.26 bits per heavy atom. The van der Waals surface area contributed by atoms with Crippen LogP contribution in [0.1, 0.15) is 43.3 Å². The average Bonchev–Trinajstić information content (AvgIpc) is 3.09. The van der Waals surface area contributed by atoms with Crippen LogP contribution < -0.4 is 5.32 Å². The first kappa shape index (κ1) is 18.7. The first-order valence-corrected chi connectivity index (χ1v) is 9.14. The number of fused-ring (bicyclic) bond motifs is 1. The first-order valence-electron chi connectivity index (χ1n) is 9.14. The van der Waals surface area contributed by atoms with Crippen molar-refractivity contribution in [3.8, 4) is 0 Å². The molecule has 0 spiro atoms. The van der Waals surface area contributed by atoms with Gasteiger partial charge in [0.2, 0.25) is 0 Å². The number of imidazole rings is 1. The molecule has 0 unspecified atom stereocenters. The van der Waals surface area contributed by atoms with Crippen LogP contribution in [0.15, 0.2) is 55.1 Å². The molecule has 1 atom stereocenters. The van der Waals surface area contributed by atoms with Gasteiger partial charge in [-0.25, -0.2) is 9.78 Å². The Labute approximate surface area is 159 Å². The maximum absolute atomic E-state index is 12.3. The predicted molar refractivity (Wildman–Crippen MR) is 108 cm³/mol. The van der Waals surface area contributed by atoms with Gasteiger partial charge in [-0.2, -0.15) is 0 Å². The van der Waals surface area contributed by atoms with Crippen molar-refractivity contribution in [3.63, 3.8) is 0 Å². The maximum Gasteiger partial charge on any atom is 0.408 e. The molecule has 2 aromatic carbocycles. The number of hydrogen-bond donors (Lipinski definition) is 2. The number of nitrogens with zero attached hydrogens (tertiary/aromatic N) is 1. The highest BCUT2D eigenvalue weighted by molar-refractivity contribution is 5.78. The molecule has 1 heterocycles. The van der Waals surface area contributed by atoms with E-state index in [-0.39, 0.29) is 12.6 Å². The molecule has 2 N–H and O–H groups in total. The van der Waals surface area contributed by atoms with E-state index >= 15 is 0 Å². The van der Waals surface area contributed by atoms with Gasteiger partial charge in [-0.05, 0) is 35.6 Å². The quantitative estimate of drug-likeness (QED) is 0.605. The molecule has 1 amide bonds. The van der Waals surface area contributed by atoms with Crippen LogP contribution in [0.4, 0.5) is 4.79 Å². The third kappa shape index (κ3) is 4.97. The molecular formula is C22H25N3O2. The molecule has 27 heavy (non-hydrogen) atoms. The molecule has 0 saturated heterocycles. The van der Waals surface area contributed by atoms with Crippen molar-refractivity contribution in [2.24, 2.45) is 5.92 Å². The predicted octanol–water partition coefficient (Wildman–Crippen LogP) is 5.22. The van der Waals surface area contributed by atoms with Crippen LogP contribution in [0.5, 0.6) is 0 Å². The lowest BCUT2D eigenvalue weighted by molar-refractivity contribution is 0.134. The lowest BCUT2D eigenvalue weighted by Gasteiger charge is -2.18. The number of rotatable bonds is 7. The fraction of sp³-hybridized carbons (Fsp3) is 0.273. The summed E-state index contributed by atoms with van der Waals surface area (Å²) >= 11 is 0. The second-order valence-corrected chi connectivity index (χ2v) is 6.99. The average molecular weight is 363 g/mol. The Morgan fingerprint density at radius 3 is 2.74 bits per heavy atom. The molecule has 3 aromatic rings. The number of alkyl carbamates (subject to hydrolysis) is 1. The fourth-order valence-corrected chi connectivity index (χ4v) is 2.96. The van der Waals surface area contributed by atoms with E-state index in [2.05, 4.69) is 35.7 Å². The highest BCUT2D eigenvalue weighted by Crippen LogP contribution is 2.23. The second-order valence-electron chi connectivity index (χ2n) is 6.99. The summed E-state index contributed by atoms with van der Waals surface area (Å²) in [5.41, 5.74) is 3.77. The summed E-state index contributed by atoms with van der Waals surface area (Å²) in [5, 5.41) is 2.95. The molecule has 140 valence electrons. The number of carbonyl (C=O) groups is 1. The van der Waals surface area contributed by atoms with E-state index in [1.165, 1.54) is 0 Å². The van der Waals surface area contributed by atoms with Crippen molar-refractivity contribution in [2.45, 2.75) is 32.9 Å². The van der Waals surface area contributed by atoms with E-state index in [1.54, 1.807) is 6.08 Å². The van der Waals surface area contributed by atoms with Crippen molar-refractivity contribution >= 4 is 23.2 Å². The number of nitrogens with one attached hydrogen (secondary N) is 2. The van der Waals surface area contributed by atoms with Gasteiger partial charge < -0.3 is 15.0 Å². The molecule has 0 aliphatic rings. The van der Waals surface area contributed by atoms with Crippen LogP contribution in [0.2, 0.25) is 0 Å². The molecule has 0 fully saturated rings. The lowest BCUT2D eigenvalue weighted by Crippen LogP contribution is -2.30. The monoisotopic (exact) mass is 363 g/mol. The van der Waals surface area contributed by atoms with Gasteiger partial charge in [0.15, 0.2) is 0 Å². The van der Waals surface area contributed by atoms with Crippen molar-refractivity contribution in [1.29, 1.82) is 0 Å². The van der Waals surface area contributed by atoms with Gasteiger partial charge in [-0.3, -0.25) is 0 Å². The fourth-order valence-electron chi connectivity index (χ4n) is 2.96. The summed E-state index contributed by atoms with van der Waals surface area (Å²) in [7, 11) is 0. The smallest absolute Gasteiger partial charge is 0.408 e. The number of carbonyl (C=O) groups excluding carboxylic acids is 1. The van der Waals surface area contributed by atoms with E-state index in [4.69, 9.17) is 4.74 Å². The minimum absolute atomic E-state index is 0.240. The summed E-state index contributed by atoms with van der Waals surface area (Å²) in [6, 6.07) is 15.3. The second kappa shape index (κ2) is 8.54. The molecular weight excluding hydrogens is 338 g/mol. The van der Waals surface area contributed by atoms with E-state index in [1.807, 2.05) is 48.5 Å². The number of aromatic nitrogens is 2. The Balaban J connectivity index is 1.73. The molecule has 1 aromatic heterocycles. The van der Waals surface area contributed by atoms with Crippen LogP contribution in [0.3, 0.4) is 0 Å². The number of aromatic amines is 1. The van der Waals surface area contributed by atoms with Gasteiger partial charge in [-0.1, -0.05) is 62.9 Å². The lowest BCUT2D eigenvalue weighted by atomic mass is 10.0. The number of H-pyrrole nitrogens is 1. The zero-order chi connectivity index (χ0) is 19.2. The summed E-state index contributed by atoms with van der Waals surface area (Å²) < 4.78 is 5.37. The minimum Gasteiger partial charge on any atom is -0.445 e. The summed E-state index contributed by atoms with van der Waals surface area (Å²) in [5.74, 6) is 1.12. The van der Waals surface area contributed by atoms with E-state index in [0.29, 0.717) is 5.92 Å². The third-order valence-electron chi connectivity index (χ3n) is 4.30. The van der Waals surface area contributed by atoms with E-state index in [9.17, 15) is 4.79 Å². The molecule has 5 nitrogen and oxygen atoms in total. The first-order chi connectivity index (χ1) is 13.0. The number of hydrogen-bond acceptors (Lipinski definition) is 3. The van der Waals surface area contributed by atoms with Crippen molar-refractivity contribution in [3.05, 3.63) is 72.1 Å². The van der Waals surface area contributed by atoms with E-state index < -0.39 is 6.09 Å². The molecule has 0 aliphatic heterocycles. The van der Waals surface area contributed by atoms with Gasteiger partial charge in [0, 0.05) is 0 Å². The number of ether oxygens (including phenoxy) is 1. The molecule has 3 rings (SSSR count). The molecule has 0 saturated carbocycles. The van der Waals surface area contributed by atoms with Crippen LogP contribution in [0.25, 0.3) is 17.1 Å². The maximum atomic E-state index is 12.3. The summed E-state index contributed by atoms with van der Waals surface area (Å²) in [6.45, 7) is 8.26. The van der Waals surface area contributed by atoms with Crippen LogP contribution in [0, 0.1) is 5.92 Å². The van der Waals surface area contributed by atoms with E-state index in [0.717, 1.165) is 34.4 Å². The Kier molecular flexibility index (Phi) is 5.91. The third-order valence-corrected chi connectivity index (χ3v) is 4.30. The highest BCUT2D eigenvalue weighted by atomic mass is 16.5. The number of amides is 1. The zero-order valence-electron chi connectivity index (χ0n) is 15.7. The summed E-state index contributed by atoms with van der Waals surface area (Å²) in [4.78, 5) is 20.3. The Morgan fingerprint density at radius 2 is 2.04 bits per heavy atom. The van der Waals surface area contributed by atoms with Crippen molar-refractivity contribution in [1.82, 2.24) is 15.3 Å². The molecule has 0 bridgehead atoms. The van der Waals surface area contributed by atoms with Crippen molar-refractivity contribution in [2.75, 3.05) is 0 Å². The normalized spacial score (nSPS) is 12.1. The highest BCUT2D eigenvalue weighted by Gasteiger charge is 2.20. The summed E-state index contributed by atoms with van der Waals surface area (Å²) in [6.07, 6.45) is 2.11. The molecule has 0 aliphatic carbocycles. The van der Waals surface area contributed by atoms with Gasteiger partial charge >= 0.3 is 6.09 Å². The largest absolute Gasteiger partial charge is 0.445 e. The SMILES string of the molecule is C=Cc1ccc2nc([C@@H](CC(C)C)NC(=O)OCc3ccccc3)[nH]c2c1. The Bertz CT molecular complexity index is 916. The van der Waals surface area contributed by atoms with Crippen LogP contribution in [-0.2, 0) is 11.3 Å². The Hall–Kier alpha value is -3.08.